The van der Waals surface area contributed by atoms with Crippen molar-refractivity contribution in [2.24, 2.45) is 0 Å². The second-order valence-electron chi connectivity index (χ2n) is 8.89. The van der Waals surface area contributed by atoms with Gasteiger partial charge < -0.3 is 15.5 Å². The van der Waals surface area contributed by atoms with Gasteiger partial charge in [-0.05, 0) is 56.0 Å². The van der Waals surface area contributed by atoms with Crippen LogP contribution in [0.3, 0.4) is 0 Å². The van der Waals surface area contributed by atoms with Gasteiger partial charge in [0.1, 0.15) is 0 Å². The lowest BCUT2D eigenvalue weighted by Crippen LogP contribution is -2.39. The molecule has 1 aliphatic rings. The van der Waals surface area contributed by atoms with E-state index in [2.05, 4.69) is 88.1 Å². The molecule has 1 atom stereocenters. The van der Waals surface area contributed by atoms with Crippen molar-refractivity contribution < 1.29 is 4.79 Å². The fourth-order valence-electron chi connectivity index (χ4n) is 4.70. The fourth-order valence-corrected chi connectivity index (χ4v) is 4.70. The van der Waals surface area contributed by atoms with Gasteiger partial charge in [-0.3, -0.25) is 4.98 Å². The number of benzene rings is 2. The second-order valence-corrected chi connectivity index (χ2v) is 8.89. The third-order valence-electron chi connectivity index (χ3n) is 6.37. The topological polar surface area (TPSA) is 57.3 Å². The number of hydrogen-bond donors (Lipinski definition) is 2. The number of urea groups is 1. The maximum atomic E-state index is 12.6. The van der Waals surface area contributed by atoms with E-state index in [9.17, 15) is 4.79 Å². The molecule has 0 bridgehead atoms. The Hall–Kier alpha value is -3.18. The summed E-state index contributed by atoms with van der Waals surface area (Å²) in [6.45, 7) is 6.93. The summed E-state index contributed by atoms with van der Waals surface area (Å²) in [5.74, 6) is 0.380. The van der Waals surface area contributed by atoms with Crippen LogP contribution < -0.4 is 10.6 Å². The fraction of sp³-hybridized carbons (Fsp3) is 0.357. The maximum Gasteiger partial charge on any atom is 0.319 e. The molecule has 0 aliphatic carbocycles. The third kappa shape index (κ3) is 6.42. The van der Waals surface area contributed by atoms with Gasteiger partial charge in [0.05, 0.1) is 0 Å². The molecule has 1 aromatic heterocycles. The Bertz CT molecular complexity index is 999. The molecule has 4 rings (SSSR count). The molecule has 0 unspecified atom stereocenters. The lowest BCUT2D eigenvalue weighted by Gasteiger charge is -2.22. The number of hydrogen-bond acceptors (Lipinski definition) is 3. The minimum atomic E-state index is -0.138. The van der Waals surface area contributed by atoms with Crippen LogP contribution in [0, 0.1) is 6.92 Å². The average molecular weight is 443 g/mol. The molecule has 5 nitrogen and oxygen atoms in total. The molecule has 1 fully saturated rings. The number of rotatable bonds is 8. The van der Waals surface area contributed by atoms with Crippen LogP contribution in [-0.4, -0.2) is 41.6 Å². The Labute approximate surface area is 197 Å². The number of aromatic nitrogens is 1. The Balaban J connectivity index is 1.30. The molecular formula is C28H34N4O. The summed E-state index contributed by atoms with van der Waals surface area (Å²) in [5.41, 5.74) is 5.43. The van der Waals surface area contributed by atoms with Gasteiger partial charge in [-0.2, -0.15) is 0 Å². The molecule has 2 amide bonds. The Morgan fingerprint density at radius 2 is 1.73 bits per heavy atom. The van der Waals surface area contributed by atoms with Crippen LogP contribution in [-0.2, 0) is 6.42 Å². The van der Waals surface area contributed by atoms with E-state index in [0.717, 1.165) is 56.0 Å². The van der Waals surface area contributed by atoms with Crippen molar-refractivity contribution in [3.63, 3.8) is 0 Å². The number of anilines is 1. The van der Waals surface area contributed by atoms with Crippen molar-refractivity contribution in [2.45, 2.75) is 45.1 Å². The molecule has 5 heteroatoms. The van der Waals surface area contributed by atoms with Gasteiger partial charge >= 0.3 is 6.03 Å². The molecule has 172 valence electrons. The van der Waals surface area contributed by atoms with E-state index in [0.29, 0.717) is 5.92 Å². The molecular weight excluding hydrogens is 408 g/mol. The molecule has 0 spiro atoms. The smallest absolute Gasteiger partial charge is 0.319 e. The summed E-state index contributed by atoms with van der Waals surface area (Å²) in [6.07, 6.45) is 2.88. The van der Waals surface area contributed by atoms with Crippen LogP contribution >= 0.6 is 0 Å². The van der Waals surface area contributed by atoms with Crippen molar-refractivity contribution in [1.82, 2.24) is 15.2 Å². The first-order valence-electron chi connectivity index (χ1n) is 12.0. The van der Waals surface area contributed by atoms with E-state index >= 15 is 0 Å². The minimum Gasteiger partial charge on any atom is -0.334 e. The highest BCUT2D eigenvalue weighted by Crippen LogP contribution is 2.28. The number of nitrogens with zero attached hydrogens (tertiary/aromatic N) is 2. The molecule has 1 saturated heterocycles. The SMILES string of the molecule is CCc1cc(NC(=O)N[C@H]2CCN(CCC(c3ccccc3)c3ccccc3)C2)cc(C)n1. The number of carbonyl (C=O) groups is 1. The zero-order valence-corrected chi connectivity index (χ0v) is 19.6. The Kier molecular flexibility index (Phi) is 7.74. The zero-order valence-electron chi connectivity index (χ0n) is 19.6. The number of pyridine rings is 1. The van der Waals surface area contributed by atoms with Crippen LogP contribution in [0.15, 0.2) is 72.8 Å². The van der Waals surface area contributed by atoms with E-state index in [4.69, 9.17) is 0 Å². The standard InChI is InChI=1S/C28H34N4O/c1-3-24-19-26(18-21(2)29-24)31-28(33)30-25-14-16-32(20-25)17-15-27(22-10-6-4-7-11-22)23-12-8-5-9-13-23/h4-13,18-19,25,27H,3,14-17,20H2,1-2H3,(H2,29,30,31,33)/t25-/m0/s1. The van der Waals surface area contributed by atoms with Gasteiger partial charge in [0, 0.05) is 42.1 Å². The number of amides is 2. The molecule has 0 saturated carbocycles. The Morgan fingerprint density at radius 3 is 2.36 bits per heavy atom. The molecule has 2 heterocycles. The largest absolute Gasteiger partial charge is 0.334 e. The van der Waals surface area contributed by atoms with Gasteiger partial charge in [-0.15, -0.1) is 0 Å². The lowest BCUT2D eigenvalue weighted by molar-refractivity contribution is 0.247. The van der Waals surface area contributed by atoms with Crippen molar-refractivity contribution in [2.75, 3.05) is 25.0 Å². The predicted octanol–water partition coefficient (Wildman–Crippen LogP) is 5.37. The van der Waals surface area contributed by atoms with Crippen LogP contribution in [0.4, 0.5) is 10.5 Å². The molecule has 0 radical (unpaired) electrons. The van der Waals surface area contributed by atoms with E-state index in [1.165, 1.54) is 11.1 Å². The van der Waals surface area contributed by atoms with Gasteiger partial charge in [0.25, 0.3) is 0 Å². The van der Waals surface area contributed by atoms with Crippen LogP contribution in [0.5, 0.6) is 0 Å². The lowest BCUT2D eigenvalue weighted by atomic mass is 9.88. The van der Waals surface area contributed by atoms with Crippen molar-refractivity contribution in [3.05, 3.63) is 95.3 Å². The van der Waals surface area contributed by atoms with Crippen LogP contribution in [0.2, 0.25) is 0 Å². The minimum absolute atomic E-state index is 0.138. The first-order valence-corrected chi connectivity index (χ1v) is 12.0. The third-order valence-corrected chi connectivity index (χ3v) is 6.37. The molecule has 1 aliphatic heterocycles. The zero-order chi connectivity index (χ0) is 23.0. The quantitative estimate of drug-likeness (QED) is 0.493. The second kappa shape index (κ2) is 11.1. The summed E-state index contributed by atoms with van der Waals surface area (Å²) in [6, 6.07) is 25.4. The summed E-state index contributed by atoms with van der Waals surface area (Å²) < 4.78 is 0. The summed E-state index contributed by atoms with van der Waals surface area (Å²) >= 11 is 0. The normalized spacial score (nSPS) is 16.2. The highest BCUT2D eigenvalue weighted by Gasteiger charge is 2.25. The summed E-state index contributed by atoms with van der Waals surface area (Å²) in [7, 11) is 0. The Morgan fingerprint density at radius 1 is 1.06 bits per heavy atom. The number of likely N-dealkylation sites (tertiary alicyclic amines) is 1. The molecule has 33 heavy (non-hydrogen) atoms. The first-order chi connectivity index (χ1) is 16.1. The molecule has 3 aromatic rings. The number of aryl methyl sites for hydroxylation is 2. The first kappa shape index (κ1) is 23.0. The van der Waals surface area contributed by atoms with Crippen LogP contribution in [0.25, 0.3) is 0 Å². The maximum absolute atomic E-state index is 12.6. The van der Waals surface area contributed by atoms with Crippen LogP contribution in [0.1, 0.15) is 48.2 Å². The molecule has 2 aromatic carbocycles. The van der Waals surface area contributed by atoms with E-state index < -0.39 is 0 Å². The van der Waals surface area contributed by atoms with E-state index in [-0.39, 0.29) is 12.1 Å². The van der Waals surface area contributed by atoms with E-state index in [1.54, 1.807) is 0 Å². The number of carbonyl (C=O) groups excluding carboxylic acids is 1. The van der Waals surface area contributed by atoms with E-state index in [1.807, 2.05) is 19.1 Å². The van der Waals surface area contributed by atoms with Crippen molar-refractivity contribution >= 4 is 11.7 Å². The summed E-state index contributed by atoms with van der Waals surface area (Å²) in [4.78, 5) is 19.5. The van der Waals surface area contributed by atoms with Gasteiger partial charge in [-0.1, -0.05) is 67.6 Å². The predicted molar refractivity (Wildman–Crippen MR) is 135 cm³/mol. The average Bonchev–Trinajstić information content (AvgIpc) is 3.27. The van der Waals surface area contributed by atoms with Gasteiger partial charge in [0.15, 0.2) is 0 Å². The number of nitrogens with one attached hydrogen (secondary N) is 2. The van der Waals surface area contributed by atoms with Crippen molar-refractivity contribution in [1.29, 1.82) is 0 Å². The highest BCUT2D eigenvalue weighted by atomic mass is 16.2. The van der Waals surface area contributed by atoms with Crippen molar-refractivity contribution in [3.8, 4) is 0 Å². The van der Waals surface area contributed by atoms with Gasteiger partial charge in [0.2, 0.25) is 0 Å². The monoisotopic (exact) mass is 442 g/mol. The van der Waals surface area contributed by atoms with Gasteiger partial charge in [-0.25, -0.2) is 4.79 Å². The highest BCUT2D eigenvalue weighted by molar-refractivity contribution is 5.89. The summed E-state index contributed by atoms with van der Waals surface area (Å²) in [5, 5.41) is 6.14. The molecule has 2 N–H and O–H groups in total.